The summed E-state index contributed by atoms with van der Waals surface area (Å²) >= 11 is 0.804. The van der Waals surface area contributed by atoms with Crippen LogP contribution in [0.4, 0.5) is 13.2 Å². The molecule has 0 aliphatic rings. The molecule has 25 heavy (non-hydrogen) atoms. The maximum absolute atomic E-state index is 12.7. The van der Waals surface area contributed by atoms with Crippen LogP contribution in [0.1, 0.15) is 51.8 Å². The third-order valence-corrected chi connectivity index (χ3v) is 4.37. The van der Waals surface area contributed by atoms with Crippen LogP contribution >= 0.6 is 11.3 Å². The van der Waals surface area contributed by atoms with Gasteiger partial charge in [-0.05, 0) is 13.3 Å². The van der Waals surface area contributed by atoms with Crippen molar-refractivity contribution in [1.29, 1.82) is 0 Å². The maximum Gasteiger partial charge on any atom is 0.434 e. The van der Waals surface area contributed by atoms with Crippen LogP contribution in [0.2, 0.25) is 0 Å². The van der Waals surface area contributed by atoms with E-state index in [2.05, 4.69) is 10.3 Å². The van der Waals surface area contributed by atoms with Crippen LogP contribution in [-0.2, 0) is 17.4 Å². The molecule has 2 heterocycles. The van der Waals surface area contributed by atoms with Crippen molar-refractivity contribution in [1.82, 2.24) is 10.3 Å². The summed E-state index contributed by atoms with van der Waals surface area (Å²) < 4.78 is 43.1. The van der Waals surface area contributed by atoms with Crippen LogP contribution in [0.25, 0.3) is 0 Å². The molecular formula is C15H15F3N2O4S. The van der Waals surface area contributed by atoms with Crippen molar-refractivity contribution >= 4 is 23.2 Å². The zero-order valence-corrected chi connectivity index (χ0v) is 14.1. The van der Waals surface area contributed by atoms with Gasteiger partial charge < -0.3 is 14.8 Å². The van der Waals surface area contributed by atoms with Gasteiger partial charge in [0, 0.05) is 10.9 Å². The van der Waals surface area contributed by atoms with Crippen LogP contribution in [0.5, 0.6) is 0 Å². The Hall–Kier alpha value is -2.36. The molecule has 136 valence electrons. The average molecular weight is 376 g/mol. The molecule has 2 N–H and O–H groups in total. The van der Waals surface area contributed by atoms with E-state index >= 15 is 0 Å². The van der Waals surface area contributed by atoms with Crippen molar-refractivity contribution in [3.05, 3.63) is 39.2 Å². The molecule has 0 saturated heterocycles. The minimum absolute atomic E-state index is 0.00697. The largest absolute Gasteiger partial charge is 0.481 e. The smallest absolute Gasteiger partial charge is 0.434 e. The van der Waals surface area contributed by atoms with Gasteiger partial charge in [-0.15, -0.1) is 11.3 Å². The monoisotopic (exact) mass is 376 g/mol. The SMILES string of the molecule is CCC(NC(=O)c1c(C)coc1CC(=O)O)c1nc(C(F)(F)F)cs1. The molecular weight excluding hydrogens is 361 g/mol. The van der Waals surface area contributed by atoms with E-state index in [1.165, 1.54) is 6.26 Å². The first-order chi connectivity index (χ1) is 11.6. The Morgan fingerprint density at radius 2 is 2.12 bits per heavy atom. The predicted molar refractivity (Wildman–Crippen MR) is 82.4 cm³/mol. The van der Waals surface area contributed by atoms with Gasteiger partial charge in [0.05, 0.1) is 17.9 Å². The van der Waals surface area contributed by atoms with Gasteiger partial charge in [0.15, 0.2) is 5.69 Å². The zero-order chi connectivity index (χ0) is 18.8. The van der Waals surface area contributed by atoms with Gasteiger partial charge in [0.25, 0.3) is 5.91 Å². The number of aromatic nitrogens is 1. The fraction of sp³-hybridized carbons (Fsp3) is 0.400. The summed E-state index contributed by atoms with van der Waals surface area (Å²) in [6.07, 6.45) is -3.43. The number of furan rings is 1. The Bertz CT molecular complexity index is 782. The number of nitrogens with zero attached hydrogens (tertiary/aromatic N) is 1. The third-order valence-electron chi connectivity index (χ3n) is 3.41. The molecule has 0 aliphatic heterocycles. The Morgan fingerprint density at radius 3 is 2.64 bits per heavy atom. The van der Waals surface area contributed by atoms with E-state index in [1.807, 2.05) is 0 Å². The van der Waals surface area contributed by atoms with E-state index in [-0.39, 0.29) is 16.3 Å². The fourth-order valence-electron chi connectivity index (χ4n) is 2.22. The number of halogens is 3. The minimum Gasteiger partial charge on any atom is -0.481 e. The molecule has 6 nitrogen and oxygen atoms in total. The average Bonchev–Trinajstić information content (AvgIpc) is 3.11. The number of alkyl halides is 3. The van der Waals surface area contributed by atoms with E-state index in [9.17, 15) is 22.8 Å². The molecule has 1 atom stereocenters. The Labute approximate surface area is 144 Å². The third kappa shape index (κ3) is 4.38. The quantitative estimate of drug-likeness (QED) is 0.804. The molecule has 2 rings (SSSR count). The molecule has 2 aromatic heterocycles. The summed E-state index contributed by atoms with van der Waals surface area (Å²) in [7, 11) is 0. The first-order valence-corrected chi connectivity index (χ1v) is 8.13. The number of carbonyl (C=O) groups is 2. The summed E-state index contributed by atoms with van der Waals surface area (Å²) in [6.45, 7) is 3.27. The van der Waals surface area contributed by atoms with E-state index in [0.717, 1.165) is 16.7 Å². The van der Waals surface area contributed by atoms with Gasteiger partial charge in [0.2, 0.25) is 0 Å². The molecule has 10 heteroatoms. The van der Waals surface area contributed by atoms with Crippen molar-refractivity contribution in [2.45, 2.75) is 38.9 Å². The Balaban J connectivity index is 2.22. The zero-order valence-electron chi connectivity index (χ0n) is 13.3. The van der Waals surface area contributed by atoms with Gasteiger partial charge in [0.1, 0.15) is 17.2 Å². The topological polar surface area (TPSA) is 92.4 Å². The number of aryl methyl sites for hydroxylation is 1. The van der Waals surface area contributed by atoms with Crippen LogP contribution < -0.4 is 5.32 Å². The normalized spacial score (nSPS) is 12.8. The van der Waals surface area contributed by atoms with Crippen molar-refractivity contribution in [3.8, 4) is 0 Å². The number of hydrogen-bond donors (Lipinski definition) is 2. The highest BCUT2D eigenvalue weighted by atomic mass is 32.1. The Morgan fingerprint density at radius 1 is 1.44 bits per heavy atom. The standard InChI is InChI=1S/C15H15F3N2O4S/c1-3-8(14-20-10(6-25-14)15(16,17)18)19-13(23)12-7(2)5-24-9(12)4-11(21)22/h5-6,8H,3-4H2,1-2H3,(H,19,23)(H,21,22). The molecule has 1 amide bonds. The van der Waals surface area contributed by atoms with E-state index in [0.29, 0.717) is 12.0 Å². The number of carboxylic acids is 1. The fourth-order valence-corrected chi connectivity index (χ4v) is 3.18. The lowest BCUT2D eigenvalue weighted by Gasteiger charge is -2.15. The maximum atomic E-state index is 12.7. The van der Waals surface area contributed by atoms with Crippen molar-refractivity contribution in [2.75, 3.05) is 0 Å². The summed E-state index contributed by atoms with van der Waals surface area (Å²) in [5.74, 6) is -1.78. The number of carbonyl (C=O) groups excluding carboxylic acids is 1. The van der Waals surface area contributed by atoms with Crippen molar-refractivity contribution in [2.24, 2.45) is 0 Å². The number of amides is 1. The predicted octanol–water partition coefficient (Wildman–Crippen LogP) is 3.57. The first kappa shape index (κ1) is 19.0. The number of thiazole rings is 1. The van der Waals surface area contributed by atoms with Crippen LogP contribution in [0.15, 0.2) is 16.1 Å². The van der Waals surface area contributed by atoms with E-state index in [4.69, 9.17) is 9.52 Å². The summed E-state index contributed by atoms with van der Waals surface area (Å²) in [4.78, 5) is 26.9. The Kier molecular flexibility index (Phi) is 5.51. The second kappa shape index (κ2) is 7.26. The lowest BCUT2D eigenvalue weighted by molar-refractivity contribution is -0.141. The molecule has 1 unspecified atom stereocenters. The highest BCUT2D eigenvalue weighted by Crippen LogP contribution is 2.32. The van der Waals surface area contributed by atoms with Gasteiger partial charge in [-0.25, -0.2) is 4.98 Å². The van der Waals surface area contributed by atoms with E-state index < -0.39 is 36.2 Å². The second-order valence-corrected chi connectivity index (χ2v) is 6.18. The number of aliphatic carboxylic acids is 1. The molecule has 0 spiro atoms. The number of hydrogen-bond acceptors (Lipinski definition) is 5. The summed E-state index contributed by atoms with van der Waals surface area (Å²) in [5.41, 5.74) is -0.488. The van der Waals surface area contributed by atoms with E-state index in [1.54, 1.807) is 13.8 Å². The van der Waals surface area contributed by atoms with Crippen LogP contribution in [0.3, 0.4) is 0 Å². The van der Waals surface area contributed by atoms with Gasteiger partial charge >= 0.3 is 12.1 Å². The van der Waals surface area contributed by atoms with Crippen molar-refractivity contribution < 1.29 is 32.3 Å². The number of nitrogens with one attached hydrogen (secondary N) is 1. The molecule has 0 aromatic carbocycles. The highest BCUT2D eigenvalue weighted by Gasteiger charge is 2.34. The molecule has 0 radical (unpaired) electrons. The molecule has 0 aliphatic carbocycles. The first-order valence-electron chi connectivity index (χ1n) is 7.25. The lowest BCUT2D eigenvalue weighted by Crippen LogP contribution is -2.29. The lowest BCUT2D eigenvalue weighted by atomic mass is 10.1. The van der Waals surface area contributed by atoms with Crippen molar-refractivity contribution in [3.63, 3.8) is 0 Å². The summed E-state index contributed by atoms with van der Waals surface area (Å²) in [6, 6.07) is -0.722. The molecule has 0 saturated carbocycles. The molecule has 2 aromatic rings. The second-order valence-electron chi connectivity index (χ2n) is 5.29. The summed E-state index contributed by atoms with van der Waals surface area (Å²) in [5, 5.41) is 12.5. The molecule has 0 bridgehead atoms. The van der Waals surface area contributed by atoms with Gasteiger partial charge in [-0.2, -0.15) is 13.2 Å². The highest BCUT2D eigenvalue weighted by molar-refractivity contribution is 7.09. The number of carboxylic acid groups (broad SMARTS) is 1. The molecule has 0 fully saturated rings. The van der Waals surface area contributed by atoms with Crippen LogP contribution in [0, 0.1) is 6.92 Å². The minimum atomic E-state index is -4.55. The van der Waals surface area contributed by atoms with Gasteiger partial charge in [-0.3, -0.25) is 9.59 Å². The number of rotatable bonds is 6. The van der Waals surface area contributed by atoms with Gasteiger partial charge in [-0.1, -0.05) is 6.92 Å². The van der Waals surface area contributed by atoms with Crippen LogP contribution in [-0.4, -0.2) is 22.0 Å².